The molecule has 1 aliphatic heterocycles. The van der Waals surface area contributed by atoms with Crippen LogP contribution in [0.2, 0.25) is 0 Å². The number of ether oxygens (including phenoxy) is 1. The molecule has 1 unspecified atom stereocenters. The van der Waals surface area contributed by atoms with E-state index >= 15 is 0 Å². The summed E-state index contributed by atoms with van der Waals surface area (Å²) in [7, 11) is 0. The van der Waals surface area contributed by atoms with E-state index in [1.165, 1.54) is 11.3 Å². The minimum atomic E-state index is -0.0728. The van der Waals surface area contributed by atoms with Gasteiger partial charge >= 0.3 is 0 Å². The van der Waals surface area contributed by atoms with Crippen LogP contribution in [0.3, 0.4) is 0 Å². The molecule has 1 fully saturated rings. The molecule has 0 aliphatic carbocycles. The van der Waals surface area contributed by atoms with Crippen LogP contribution in [0, 0.1) is 0 Å². The minimum absolute atomic E-state index is 0.0728. The second-order valence-electron chi connectivity index (χ2n) is 4.73. The Morgan fingerprint density at radius 2 is 2.17 bits per heavy atom. The van der Waals surface area contributed by atoms with Crippen LogP contribution in [0.25, 0.3) is 0 Å². The summed E-state index contributed by atoms with van der Waals surface area (Å²) in [5.41, 5.74) is 8.34. The van der Waals surface area contributed by atoms with Crippen LogP contribution in [-0.4, -0.2) is 37.5 Å². The number of nitrogens with two attached hydrogens (primary N) is 1. The zero-order valence-corrected chi connectivity index (χ0v) is 10.9. The van der Waals surface area contributed by atoms with E-state index in [1.54, 1.807) is 0 Å². The summed E-state index contributed by atoms with van der Waals surface area (Å²) in [4.78, 5) is 2.24. The van der Waals surface area contributed by atoms with Gasteiger partial charge in [-0.2, -0.15) is 0 Å². The maximum Gasteiger partial charge on any atom is 0.0980 e. The highest BCUT2D eigenvalue weighted by Gasteiger charge is 2.19. The van der Waals surface area contributed by atoms with E-state index in [9.17, 15) is 0 Å². The predicted molar refractivity (Wildman–Crippen MR) is 72.7 cm³/mol. The van der Waals surface area contributed by atoms with Gasteiger partial charge in [-0.15, -0.1) is 0 Å². The summed E-state index contributed by atoms with van der Waals surface area (Å²) >= 11 is 0. The number of hydrogen-bond acceptors (Lipinski definition) is 4. The SMILES string of the molecule is CC[C@@H](N)c1ccc(N2CCOC(CO)C2)cc1. The van der Waals surface area contributed by atoms with Crippen LogP contribution in [0.1, 0.15) is 24.9 Å². The number of benzene rings is 1. The Labute approximate surface area is 108 Å². The molecule has 4 heteroatoms. The predicted octanol–water partition coefficient (Wildman–Crippen LogP) is 1.29. The molecule has 1 saturated heterocycles. The van der Waals surface area contributed by atoms with E-state index in [4.69, 9.17) is 15.6 Å². The zero-order valence-electron chi connectivity index (χ0n) is 10.9. The van der Waals surface area contributed by atoms with Crippen molar-refractivity contribution < 1.29 is 9.84 Å². The molecular weight excluding hydrogens is 228 g/mol. The Kier molecular flexibility index (Phi) is 4.58. The third-order valence-electron chi connectivity index (χ3n) is 3.47. The maximum absolute atomic E-state index is 9.14. The summed E-state index contributed by atoms with van der Waals surface area (Å²) in [6.07, 6.45) is 0.875. The molecule has 18 heavy (non-hydrogen) atoms. The van der Waals surface area contributed by atoms with Gasteiger partial charge in [0.25, 0.3) is 0 Å². The van der Waals surface area contributed by atoms with Gasteiger partial charge in [0.15, 0.2) is 0 Å². The van der Waals surface area contributed by atoms with Crippen molar-refractivity contribution in [2.24, 2.45) is 5.73 Å². The quantitative estimate of drug-likeness (QED) is 0.845. The summed E-state index contributed by atoms with van der Waals surface area (Å²) in [5.74, 6) is 0. The molecule has 0 saturated carbocycles. The highest BCUT2D eigenvalue weighted by Crippen LogP contribution is 2.21. The molecule has 0 aromatic heterocycles. The molecule has 1 aliphatic rings. The molecule has 0 amide bonds. The van der Waals surface area contributed by atoms with Crippen LogP contribution in [0.4, 0.5) is 5.69 Å². The van der Waals surface area contributed by atoms with Gasteiger partial charge in [0.1, 0.15) is 0 Å². The normalized spacial score (nSPS) is 21.9. The van der Waals surface area contributed by atoms with Crippen molar-refractivity contribution in [2.45, 2.75) is 25.5 Å². The standard InChI is InChI=1S/C14H22N2O2/c1-2-14(15)11-3-5-12(6-4-11)16-7-8-18-13(9-16)10-17/h3-6,13-14,17H,2,7-10,15H2,1H3/t13?,14-/m1/s1. The first kappa shape index (κ1) is 13.3. The molecule has 0 bridgehead atoms. The lowest BCUT2D eigenvalue weighted by molar-refractivity contribution is 0.00357. The van der Waals surface area contributed by atoms with Crippen molar-refractivity contribution in [3.05, 3.63) is 29.8 Å². The largest absolute Gasteiger partial charge is 0.394 e. The lowest BCUT2D eigenvalue weighted by Gasteiger charge is -2.33. The Hall–Kier alpha value is -1.10. The Balaban J connectivity index is 2.04. The number of aliphatic hydroxyl groups is 1. The van der Waals surface area contributed by atoms with Gasteiger partial charge in [-0.3, -0.25) is 0 Å². The van der Waals surface area contributed by atoms with Gasteiger partial charge in [0.2, 0.25) is 0 Å². The van der Waals surface area contributed by atoms with Crippen LogP contribution < -0.4 is 10.6 Å². The second kappa shape index (κ2) is 6.18. The summed E-state index contributed by atoms with van der Waals surface area (Å²) < 4.78 is 5.45. The van der Waals surface area contributed by atoms with Gasteiger partial charge in [0.05, 0.1) is 19.3 Å². The number of nitrogens with zero attached hydrogens (tertiary/aromatic N) is 1. The van der Waals surface area contributed by atoms with Crippen molar-refractivity contribution in [2.75, 3.05) is 31.2 Å². The van der Waals surface area contributed by atoms with E-state index < -0.39 is 0 Å². The first-order valence-corrected chi connectivity index (χ1v) is 6.57. The Morgan fingerprint density at radius 1 is 1.44 bits per heavy atom. The average Bonchev–Trinajstić information content (AvgIpc) is 2.46. The molecule has 0 spiro atoms. The molecule has 1 aromatic carbocycles. The third kappa shape index (κ3) is 3.02. The monoisotopic (exact) mass is 250 g/mol. The van der Waals surface area contributed by atoms with E-state index in [-0.39, 0.29) is 18.8 Å². The molecule has 1 heterocycles. The smallest absolute Gasteiger partial charge is 0.0980 e. The number of morpholine rings is 1. The highest BCUT2D eigenvalue weighted by molar-refractivity contribution is 5.48. The number of rotatable bonds is 4. The van der Waals surface area contributed by atoms with Crippen molar-refractivity contribution in [1.29, 1.82) is 0 Å². The fourth-order valence-electron chi connectivity index (χ4n) is 2.23. The molecule has 2 rings (SSSR count). The number of aliphatic hydroxyl groups excluding tert-OH is 1. The molecule has 2 atom stereocenters. The molecule has 4 nitrogen and oxygen atoms in total. The highest BCUT2D eigenvalue weighted by atomic mass is 16.5. The van der Waals surface area contributed by atoms with Crippen molar-refractivity contribution >= 4 is 5.69 Å². The van der Waals surface area contributed by atoms with Gasteiger partial charge in [-0.1, -0.05) is 19.1 Å². The van der Waals surface area contributed by atoms with Crippen LogP contribution in [-0.2, 0) is 4.74 Å². The van der Waals surface area contributed by atoms with Crippen molar-refractivity contribution in [3.63, 3.8) is 0 Å². The summed E-state index contributed by atoms with van der Waals surface area (Å²) in [5, 5.41) is 9.14. The topological polar surface area (TPSA) is 58.7 Å². The molecular formula is C14H22N2O2. The lowest BCUT2D eigenvalue weighted by Crippen LogP contribution is -2.44. The van der Waals surface area contributed by atoms with Crippen molar-refractivity contribution in [1.82, 2.24) is 0 Å². The fraction of sp³-hybridized carbons (Fsp3) is 0.571. The number of anilines is 1. The fourth-order valence-corrected chi connectivity index (χ4v) is 2.23. The van der Waals surface area contributed by atoms with Gasteiger partial charge in [-0.25, -0.2) is 0 Å². The first-order valence-electron chi connectivity index (χ1n) is 6.57. The Morgan fingerprint density at radius 3 is 2.78 bits per heavy atom. The van der Waals surface area contributed by atoms with Gasteiger partial charge < -0.3 is 20.5 Å². The minimum Gasteiger partial charge on any atom is -0.394 e. The zero-order chi connectivity index (χ0) is 13.0. The Bertz CT molecular complexity index is 367. The van der Waals surface area contributed by atoms with Crippen molar-refractivity contribution in [3.8, 4) is 0 Å². The molecule has 0 radical (unpaired) electrons. The maximum atomic E-state index is 9.14. The molecule has 1 aromatic rings. The number of hydrogen-bond donors (Lipinski definition) is 2. The van der Waals surface area contributed by atoms with E-state index in [2.05, 4.69) is 36.1 Å². The van der Waals surface area contributed by atoms with Crippen LogP contribution in [0.15, 0.2) is 24.3 Å². The van der Waals surface area contributed by atoms with Crippen LogP contribution in [0.5, 0.6) is 0 Å². The lowest BCUT2D eigenvalue weighted by atomic mass is 10.0. The van der Waals surface area contributed by atoms with E-state index in [1.807, 2.05) is 0 Å². The van der Waals surface area contributed by atoms with Crippen LogP contribution >= 0.6 is 0 Å². The third-order valence-corrected chi connectivity index (χ3v) is 3.47. The van der Waals surface area contributed by atoms with E-state index in [0.717, 1.165) is 19.5 Å². The molecule has 3 N–H and O–H groups in total. The van der Waals surface area contributed by atoms with Gasteiger partial charge in [0, 0.05) is 24.8 Å². The first-order chi connectivity index (χ1) is 8.74. The summed E-state index contributed by atoms with van der Waals surface area (Å²) in [6, 6.07) is 8.50. The second-order valence-corrected chi connectivity index (χ2v) is 4.73. The van der Waals surface area contributed by atoms with E-state index in [0.29, 0.717) is 6.61 Å². The van der Waals surface area contributed by atoms with Gasteiger partial charge in [-0.05, 0) is 24.1 Å². The average molecular weight is 250 g/mol. The molecule has 100 valence electrons. The summed E-state index contributed by atoms with van der Waals surface area (Å²) in [6.45, 7) is 4.45.